The summed E-state index contributed by atoms with van der Waals surface area (Å²) in [6.07, 6.45) is 0.991. The summed E-state index contributed by atoms with van der Waals surface area (Å²) >= 11 is 0. The number of nitrogens with zero attached hydrogens (tertiary/aromatic N) is 1. The Balaban J connectivity index is 3.15. The van der Waals surface area contributed by atoms with Gasteiger partial charge in [0.2, 0.25) is 15.9 Å². The topological polar surface area (TPSA) is 92.8 Å². The van der Waals surface area contributed by atoms with Crippen LogP contribution in [0.3, 0.4) is 0 Å². The fourth-order valence-corrected chi connectivity index (χ4v) is 2.83. The molecule has 1 aromatic carbocycles. The second-order valence-electron chi connectivity index (χ2n) is 5.71. The number of benzene rings is 1. The molecule has 0 atom stereocenters. The van der Waals surface area contributed by atoms with Crippen LogP contribution in [-0.4, -0.2) is 46.2 Å². The maximum Gasteiger partial charge on any atom is 0.340 e. The lowest BCUT2D eigenvalue weighted by Crippen LogP contribution is -2.42. The van der Waals surface area contributed by atoms with Gasteiger partial charge in [0.05, 0.1) is 24.1 Å². The van der Waals surface area contributed by atoms with E-state index in [1.54, 1.807) is 19.1 Å². The monoisotopic (exact) mass is 356 g/mol. The van der Waals surface area contributed by atoms with Crippen LogP contribution in [0.15, 0.2) is 24.3 Å². The summed E-state index contributed by atoms with van der Waals surface area (Å²) in [4.78, 5) is 24.1. The Labute approximate surface area is 143 Å². The second kappa shape index (κ2) is 8.68. The lowest BCUT2D eigenvalue weighted by Gasteiger charge is -2.24. The van der Waals surface area contributed by atoms with E-state index < -0.39 is 28.4 Å². The second-order valence-corrected chi connectivity index (χ2v) is 7.61. The molecule has 0 aliphatic carbocycles. The number of esters is 1. The van der Waals surface area contributed by atoms with E-state index in [4.69, 9.17) is 4.74 Å². The normalized spacial score (nSPS) is 11.2. The van der Waals surface area contributed by atoms with Crippen molar-refractivity contribution >= 4 is 27.6 Å². The fraction of sp³-hybridized carbons (Fsp3) is 0.500. The number of ether oxygens (including phenoxy) is 1. The molecule has 0 saturated heterocycles. The van der Waals surface area contributed by atoms with Crippen molar-refractivity contribution in [1.82, 2.24) is 5.32 Å². The van der Waals surface area contributed by atoms with Crippen LogP contribution in [0.5, 0.6) is 0 Å². The van der Waals surface area contributed by atoms with Gasteiger partial charge in [-0.2, -0.15) is 0 Å². The first kappa shape index (κ1) is 20.0. The maximum absolute atomic E-state index is 12.1. The van der Waals surface area contributed by atoms with Gasteiger partial charge in [-0.3, -0.25) is 9.10 Å². The predicted molar refractivity (Wildman–Crippen MR) is 92.4 cm³/mol. The van der Waals surface area contributed by atoms with Crippen LogP contribution >= 0.6 is 0 Å². The number of rotatable bonds is 8. The number of sulfonamides is 1. The van der Waals surface area contributed by atoms with Crippen molar-refractivity contribution in [3.05, 3.63) is 29.8 Å². The van der Waals surface area contributed by atoms with E-state index in [-0.39, 0.29) is 23.8 Å². The number of hydrogen-bond donors (Lipinski definition) is 1. The number of anilines is 1. The van der Waals surface area contributed by atoms with Crippen molar-refractivity contribution in [2.45, 2.75) is 20.8 Å². The minimum absolute atomic E-state index is 0.0986. The summed E-state index contributed by atoms with van der Waals surface area (Å²) in [5.74, 6) is -0.829. The molecule has 0 heterocycles. The highest BCUT2D eigenvalue weighted by molar-refractivity contribution is 7.92. The minimum Gasteiger partial charge on any atom is -0.462 e. The van der Waals surface area contributed by atoms with Crippen molar-refractivity contribution < 1.29 is 22.7 Å². The van der Waals surface area contributed by atoms with Crippen LogP contribution in [0.2, 0.25) is 0 Å². The van der Waals surface area contributed by atoms with Gasteiger partial charge in [0, 0.05) is 6.54 Å². The number of nitrogens with one attached hydrogen (secondary N) is 1. The molecular weight excluding hydrogens is 332 g/mol. The SMILES string of the molecule is CCOC(=O)c1ccccc1N(CC(=O)NCC(C)C)S(C)(=O)=O. The molecule has 0 fully saturated rings. The Bertz CT molecular complexity index is 685. The quantitative estimate of drug-likeness (QED) is 0.711. The lowest BCUT2D eigenvalue weighted by atomic mass is 10.2. The van der Waals surface area contributed by atoms with Crippen molar-refractivity contribution in [2.75, 3.05) is 30.3 Å². The van der Waals surface area contributed by atoms with Crippen LogP contribution in [0.1, 0.15) is 31.1 Å². The number of amides is 1. The number of para-hydroxylation sites is 1. The maximum atomic E-state index is 12.1. The van der Waals surface area contributed by atoms with Crippen LogP contribution in [0, 0.1) is 5.92 Å². The highest BCUT2D eigenvalue weighted by Gasteiger charge is 2.25. The smallest absolute Gasteiger partial charge is 0.340 e. The van der Waals surface area contributed by atoms with Crippen LogP contribution in [0.25, 0.3) is 0 Å². The van der Waals surface area contributed by atoms with Crippen LogP contribution in [-0.2, 0) is 19.6 Å². The summed E-state index contributed by atoms with van der Waals surface area (Å²) in [7, 11) is -3.76. The minimum atomic E-state index is -3.76. The molecule has 0 aliphatic heterocycles. The Morgan fingerprint density at radius 3 is 2.42 bits per heavy atom. The molecule has 0 unspecified atom stereocenters. The lowest BCUT2D eigenvalue weighted by molar-refractivity contribution is -0.119. The molecule has 8 heteroatoms. The number of hydrogen-bond acceptors (Lipinski definition) is 5. The zero-order valence-electron chi connectivity index (χ0n) is 14.4. The predicted octanol–water partition coefficient (Wildman–Crippen LogP) is 1.40. The molecule has 1 aromatic rings. The molecule has 1 amide bonds. The molecular formula is C16H24N2O5S. The third-order valence-corrected chi connectivity index (χ3v) is 4.19. The van der Waals surface area contributed by atoms with E-state index in [9.17, 15) is 18.0 Å². The van der Waals surface area contributed by atoms with Gasteiger partial charge in [-0.05, 0) is 25.0 Å². The molecule has 1 rings (SSSR count). The number of carbonyl (C=O) groups excluding carboxylic acids is 2. The summed E-state index contributed by atoms with van der Waals surface area (Å²) in [6, 6.07) is 6.15. The molecule has 0 spiro atoms. The molecule has 1 N–H and O–H groups in total. The van der Waals surface area contributed by atoms with Gasteiger partial charge in [0.15, 0.2) is 0 Å². The average molecular weight is 356 g/mol. The summed E-state index contributed by atoms with van der Waals surface area (Å²) in [6.45, 7) is 5.74. The van der Waals surface area contributed by atoms with Gasteiger partial charge >= 0.3 is 5.97 Å². The van der Waals surface area contributed by atoms with Gasteiger partial charge in [-0.15, -0.1) is 0 Å². The van der Waals surface area contributed by atoms with E-state index in [0.717, 1.165) is 10.6 Å². The first-order valence-electron chi connectivity index (χ1n) is 7.67. The fourth-order valence-electron chi connectivity index (χ4n) is 1.96. The van der Waals surface area contributed by atoms with E-state index in [0.29, 0.717) is 6.54 Å². The summed E-state index contributed by atoms with van der Waals surface area (Å²) in [5, 5.41) is 2.67. The van der Waals surface area contributed by atoms with Gasteiger partial charge in [-0.1, -0.05) is 26.0 Å². The third-order valence-electron chi connectivity index (χ3n) is 3.06. The molecule has 0 bridgehead atoms. The molecule has 0 saturated carbocycles. The van der Waals surface area contributed by atoms with E-state index >= 15 is 0 Å². The average Bonchev–Trinajstić information content (AvgIpc) is 2.49. The highest BCUT2D eigenvalue weighted by Crippen LogP contribution is 2.23. The Kier molecular flexibility index (Phi) is 7.21. The van der Waals surface area contributed by atoms with Crippen LogP contribution in [0.4, 0.5) is 5.69 Å². The Morgan fingerprint density at radius 2 is 1.88 bits per heavy atom. The van der Waals surface area contributed by atoms with Gasteiger partial charge in [0.25, 0.3) is 0 Å². The molecule has 0 aromatic heterocycles. The first-order valence-corrected chi connectivity index (χ1v) is 9.52. The Morgan fingerprint density at radius 1 is 1.25 bits per heavy atom. The standard InChI is InChI=1S/C16H24N2O5S/c1-5-23-16(20)13-8-6-7-9-14(13)18(24(4,21)22)11-15(19)17-10-12(2)3/h6-9,12H,5,10-11H2,1-4H3,(H,17,19). The molecule has 24 heavy (non-hydrogen) atoms. The molecule has 0 aliphatic rings. The van der Waals surface area contributed by atoms with Gasteiger partial charge < -0.3 is 10.1 Å². The van der Waals surface area contributed by atoms with Gasteiger partial charge in [-0.25, -0.2) is 13.2 Å². The van der Waals surface area contributed by atoms with E-state index in [2.05, 4.69) is 5.32 Å². The van der Waals surface area contributed by atoms with E-state index in [1.807, 2.05) is 13.8 Å². The first-order chi connectivity index (χ1) is 11.2. The van der Waals surface area contributed by atoms with Crippen molar-refractivity contribution in [2.24, 2.45) is 5.92 Å². The molecule has 0 radical (unpaired) electrons. The van der Waals surface area contributed by atoms with Crippen LogP contribution < -0.4 is 9.62 Å². The van der Waals surface area contributed by atoms with Crippen molar-refractivity contribution in [3.8, 4) is 0 Å². The van der Waals surface area contributed by atoms with Gasteiger partial charge in [0.1, 0.15) is 6.54 Å². The Hall–Kier alpha value is -2.09. The zero-order valence-corrected chi connectivity index (χ0v) is 15.2. The largest absolute Gasteiger partial charge is 0.462 e. The van der Waals surface area contributed by atoms with E-state index in [1.165, 1.54) is 12.1 Å². The highest BCUT2D eigenvalue weighted by atomic mass is 32.2. The summed E-state index contributed by atoms with van der Waals surface area (Å²) in [5.41, 5.74) is 0.222. The van der Waals surface area contributed by atoms with Crippen molar-refractivity contribution in [1.29, 1.82) is 0 Å². The summed E-state index contributed by atoms with van der Waals surface area (Å²) < 4.78 is 30.1. The molecule has 134 valence electrons. The zero-order chi connectivity index (χ0) is 18.3. The number of carbonyl (C=O) groups is 2. The third kappa shape index (κ3) is 5.84. The molecule has 7 nitrogen and oxygen atoms in total. The van der Waals surface area contributed by atoms with Crippen molar-refractivity contribution in [3.63, 3.8) is 0 Å².